The summed E-state index contributed by atoms with van der Waals surface area (Å²) in [4.78, 5) is 14.5. The molecule has 3 rings (SSSR count). The number of ether oxygens (including phenoxy) is 2. The summed E-state index contributed by atoms with van der Waals surface area (Å²) in [6, 6.07) is 16.3. The van der Waals surface area contributed by atoms with Crippen molar-refractivity contribution in [2.75, 3.05) is 33.9 Å². The summed E-state index contributed by atoms with van der Waals surface area (Å²) in [5.41, 5.74) is 4.67. The van der Waals surface area contributed by atoms with Crippen molar-refractivity contribution in [3.8, 4) is 11.5 Å². The molecule has 1 heterocycles. The predicted octanol–water partition coefficient (Wildman–Crippen LogP) is 2.41. The van der Waals surface area contributed by atoms with Gasteiger partial charge in [0.1, 0.15) is 11.5 Å². The fraction of sp³-hybridized carbons (Fsp3) is 0.391. The second kappa shape index (κ2) is 11.3. The van der Waals surface area contributed by atoms with Gasteiger partial charge >= 0.3 is 0 Å². The molecule has 0 spiro atoms. The second-order valence-electron chi connectivity index (χ2n) is 7.32. The smallest absolute Gasteiger partial charge is 0.254 e. The van der Waals surface area contributed by atoms with Crippen LogP contribution in [-0.2, 0) is 11.3 Å². The van der Waals surface area contributed by atoms with E-state index < -0.39 is 0 Å². The molecule has 1 fully saturated rings. The van der Waals surface area contributed by atoms with Gasteiger partial charge in [0.15, 0.2) is 0 Å². The van der Waals surface area contributed by atoms with Gasteiger partial charge in [-0.2, -0.15) is 5.10 Å². The normalized spacial score (nSPS) is 15.3. The molecule has 0 bridgehead atoms. The van der Waals surface area contributed by atoms with Gasteiger partial charge in [0.25, 0.3) is 5.91 Å². The number of amides is 1. The Morgan fingerprint density at radius 2 is 1.90 bits per heavy atom. The summed E-state index contributed by atoms with van der Waals surface area (Å²) in [5, 5.41) is 7.37. The van der Waals surface area contributed by atoms with Gasteiger partial charge in [-0.25, -0.2) is 5.43 Å². The molecule has 0 radical (unpaired) electrons. The summed E-state index contributed by atoms with van der Waals surface area (Å²) in [7, 11) is 3.18. The van der Waals surface area contributed by atoms with Crippen LogP contribution in [0.5, 0.6) is 11.5 Å². The number of methoxy groups -OCH3 is 2. The van der Waals surface area contributed by atoms with Crippen molar-refractivity contribution >= 4 is 12.1 Å². The lowest BCUT2D eigenvalue weighted by Crippen LogP contribution is -2.45. The van der Waals surface area contributed by atoms with Gasteiger partial charge in [0, 0.05) is 24.2 Å². The number of likely N-dealkylation sites (tertiary alicyclic amines) is 1. The van der Waals surface area contributed by atoms with Crippen LogP contribution in [-0.4, -0.2) is 56.9 Å². The summed E-state index contributed by atoms with van der Waals surface area (Å²) in [6.45, 7) is 3.30. The zero-order valence-corrected chi connectivity index (χ0v) is 17.6. The molecule has 0 aromatic heterocycles. The van der Waals surface area contributed by atoms with Crippen LogP contribution in [0.2, 0.25) is 0 Å². The van der Waals surface area contributed by atoms with Gasteiger partial charge < -0.3 is 14.8 Å². The van der Waals surface area contributed by atoms with E-state index in [1.54, 1.807) is 26.5 Å². The molecule has 1 saturated heterocycles. The maximum atomic E-state index is 12.1. The molecule has 1 aliphatic rings. The highest BCUT2D eigenvalue weighted by Gasteiger charge is 2.19. The molecule has 160 valence electrons. The minimum absolute atomic E-state index is 0.162. The minimum Gasteiger partial charge on any atom is -0.497 e. The quantitative estimate of drug-likeness (QED) is 0.491. The molecule has 2 aromatic rings. The van der Waals surface area contributed by atoms with Crippen LogP contribution in [0.15, 0.2) is 53.6 Å². The van der Waals surface area contributed by atoms with E-state index in [2.05, 4.69) is 45.0 Å². The molecule has 7 nitrogen and oxygen atoms in total. The van der Waals surface area contributed by atoms with E-state index in [1.165, 1.54) is 5.56 Å². The Kier molecular flexibility index (Phi) is 8.23. The fourth-order valence-electron chi connectivity index (χ4n) is 3.51. The number of hydrogen-bond acceptors (Lipinski definition) is 6. The highest BCUT2D eigenvalue weighted by Crippen LogP contribution is 2.23. The first-order valence-electron chi connectivity index (χ1n) is 10.2. The van der Waals surface area contributed by atoms with Crippen LogP contribution < -0.4 is 20.2 Å². The predicted molar refractivity (Wildman–Crippen MR) is 118 cm³/mol. The molecule has 2 aromatic carbocycles. The van der Waals surface area contributed by atoms with Crippen molar-refractivity contribution in [2.45, 2.75) is 25.4 Å². The van der Waals surface area contributed by atoms with Crippen molar-refractivity contribution < 1.29 is 14.3 Å². The van der Waals surface area contributed by atoms with Crippen molar-refractivity contribution in [3.63, 3.8) is 0 Å². The Bertz CT molecular complexity index is 834. The number of benzene rings is 2. The lowest BCUT2D eigenvalue weighted by Gasteiger charge is -2.32. The molecule has 0 aliphatic carbocycles. The topological polar surface area (TPSA) is 75.2 Å². The monoisotopic (exact) mass is 410 g/mol. The summed E-state index contributed by atoms with van der Waals surface area (Å²) in [5.74, 6) is 1.17. The number of hydrogen-bond donors (Lipinski definition) is 2. The maximum Gasteiger partial charge on any atom is 0.254 e. The Morgan fingerprint density at radius 1 is 1.13 bits per heavy atom. The van der Waals surface area contributed by atoms with Crippen molar-refractivity contribution in [3.05, 3.63) is 59.7 Å². The SMILES string of the molecule is COc1ccc(C=NNC(=O)CNC2CCN(Cc3ccccc3)CC2)c(OC)c1. The summed E-state index contributed by atoms with van der Waals surface area (Å²) in [6.07, 6.45) is 3.64. The number of nitrogens with one attached hydrogen (secondary N) is 2. The van der Waals surface area contributed by atoms with Crippen LogP contribution in [0, 0.1) is 0 Å². The van der Waals surface area contributed by atoms with E-state index >= 15 is 0 Å². The average molecular weight is 411 g/mol. The maximum absolute atomic E-state index is 12.1. The van der Waals surface area contributed by atoms with Crippen LogP contribution >= 0.6 is 0 Å². The number of rotatable bonds is 9. The van der Waals surface area contributed by atoms with Crippen LogP contribution in [0.3, 0.4) is 0 Å². The molecule has 0 atom stereocenters. The number of hydrazone groups is 1. The lowest BCUT2D eigenvalue weighted by molar-refractivity contribution is -0.120. The molecular weight excluding hydrogens is 380 g/mol. The molecular formula is C23H30N4O3. The van der Waals surface area contributed by atoms with Crippen molar-refractivity contribution in [2.24, 2.45) is 5.10 Å². The van der Waals surface area contributed by atoms with Crippen LogP contribution in [0.4, 0.5) is 0 Å². The fourth-order valence-corrected chi connectivity index (χ4v) is 3.51. The van der Waals surface area contributed by atoms with Gasteiger partial charge in [0.2, 0.25) is 0 Å². The minimum atomic E-state index is -0.162. The summed E-state index contributed by atoms with van der Waals surface area (Å²) >= 11 is 0. The molecule has 1 amide bonds. The van der Waals surface area contributed by atoms with Crippen molar-refractivity contribution in [1.29, 1.82) is 0 Å². The van der Waals surface area contributed by atoms with Gasteiger partial charge in [-0.05, 0) is 43.6 Å². The first-order valence-corrected chi connectivity index (χ1v) is 10.2. The standard InChI is InChI=1S/C23H30N4O3/c1-29-21-9-8-19(22(14-21)30-2)15-25-26-23(28)16-24-20-10-12-27(13-11-20)17-18-6-4-3-5-7-18/h3-9,14-15,20,24H,10-13,16-17H2,1-2H3,(H,26,28). The Morgan fingerprint density at radius 3 is 2.60 bits per heavy atom. The third kappa shape index (κ3) is 6.57. The van der Waals surface area contributed by atoms with E-state index in [9.17, 15) is 4.79 Å². The van der Waals surface area contributed by atoms with Gasteiger partial charge in [0.05, 0.1) is 27.0 Å². The van der Waals surface area contributed by atoms with E-state index in [4.69, 9.17) is 9.47 Å². The van der Waals surface area contributed by atoms with E-state index in [1.807, 2.05) is 18.2 Å². The molecule has 7 heteroatoms. The molecule has 30 heavy (non-hydrogen) atoms. The van der Waals surface area contributed by atoms with Crippen LogP contribution in [0.1, 0.15) is 24.0 Å². The number of piperidine rings is 1. The van der Waals surface area contributed by atoms with Gasteiger partial charge in [-0.3, -0.25) is 9.69 Å². The molecule has 0 unspecified atom stereocenters. The first kappa shape index (κ1) is 21.8. The van der Waals surface area contributed by atoms with E-state index in [-0.39, 0.29) is 12.5 Å². The molecule has 0 saturated carbocycles. The zero-order chi connectivity index (χ0) is 21.2. The van der Waals surface area contributed by atoms with E-state index in [0.29, 0.717) is 17.5 Å². The highest BCUT2D eigenvalue weighted by atomic mass is 16.5. The number of carbonyl (C=O) groups is 1. The van der Waals surface area contributed by atoms with Crippen molar-refractivity contribution in [1.82, 2.24) is 15.6 Å². The van der Waals surface area contributed by atoms with E-state index in [0.717, 1.165) is 38.0 Å². The first-order chi connectivity index (χ1) is 14.7. The van der Waals surface area contributed by atoms with Gasteiger partial charge in [-0.1, -0.05) is 30.3 Å². The Labute approximate surface area is 178 Å². The third-order valence-corrected chi connectivity index (χ3v) is 5.22. The van der Waals surface area contributed by atoms with Crippen LogP contribution in [0.25, 0.3) is 0 Å². The largest absolute Gasteiger partial charge is 0.497 e. The Hall–Kier alpha value is -2.90. The second-order valence-corrected chi connectivity index (χ2v) is 7.32. The lowest BCUT2D eigenvalue weighted by atomic mass is 10.0. The zero-order valence-electron chi connectivity index (χ0n) is 17.6. The third-order valence-electron chi connectivity index (χ3n) is 5.22. The number of carbonyl (C=O) groups excluding carboxylic acids is 1. The Balaban J connectivity index is 1.37. The van der Waals surface area contributed by atoms with Gasteiger partial charge in [-0.15, -0.1) is 0 Å². The number of nitrogens with zero attached hydrogens (tertiary/aromatic N) is 2. The summed E-state index contributed by atoms with van der Waals surface area (Å²) < 4.78 is 10.5. The average Bonchev–Trinajstić information content (AvgIpc) is 2.79. The molecule has 1 aliphatic heterocycles. The molecule has 2 N–H and O–H groups in total. The highest BCUT2D eigenvalue weighted by molar-refractivity contribution is 5.86.